The van der Waals surface area contributed by atoms with Crippen molar-refractivity contribution in [3.63, 3.8) is 0 Å². The van der Waals surface area contributed by atoms with Gasteiger partial charge in [-0.05, 0) is 36.4 Å². The van der Waals surface area contributed by atoms with E-state index in [1.165, 1.54) is 0 Å². The summed E-state index contributed by atoms with van der Waals surface area (Å²) in [5, 5.41) is 2.67. The normalized spacial score (nSPS) is 14.1. The fraction of sp³-hybridized carbons (Fsp3) is 0. The molecule has 0 spiro atoms. The van der Waals surface area contributed by atoms with Gasteiger partial charge in [0.25, 0.3) is 0 Å². The lowest BCUT2D eigenvalue weighted by atomic mass is 9.97. The number of hydrogen-bond donors (Lipinski definition) is 0. The molecule has 1 aliphatic heterocycles. The van der Waals surface area contributed by atoms with E-state index in [4.69, 9.17) is 0 Å². The fourth-order valence-corrected chi connectivity index (χ4v) is 3.18. The van der Waals surface area contributed by atoms with E-state index in [9.17, 15) is 4.79 Å². The highest BCUT2D eigenvalue weighted by Gasteiger charge is 2.18. The zero-order valence-corrected chi connectivity index (χ0v) is 11.6. The Labute approximate surface area is 126 Å². The lowest BCUT2D eigenvalue weighted by molar-refractivity contribution is 0.104. The molecular formula is C19H10N2O. The minimum Gasteiger partial charge on any atom is -0.289 e. The smallest absolute Gasteiger partial charge is 0.188 e. The maximum atomic E-state index is 12.1. The van der Waals surface area contributed by atoms with Gasteiger partial charge < -0.3 is 0 Å². The first kappa shape index (κ1) is 11.6. The van der Waals surface area contributed by atoms with Crippen molar-refractivity contribution in [2.24, 2.45) is 4.99 Å². The number of carbonyl (C=O) groups excluding carboxylic acids is 1. The molecule has 22 heavy (non-hydrogen) atoms. The molecular weight excluding hydrogens is 272 g/mol. The van der Waals surface area contributed by atoms with Crippen LogP contribution in [0, 0.1) is 0 Å². The third-order valence-electron chi connectivity index (χ3n) is 4.19. The summed E-state index contributed by atoms with van der Waals surface area (Å²) >= 11 is 0. The molecule has 102 valence electrons. The summed E-state index contributed by atoms with van der Waals surface area (Å²) < 4.78 is 0. The van der Waals surface area contributed by atoms with Crippen molar-refractivity contribution in [3.8, 4) is 11.1 Å². The number of para-hydroxylation sites is 1. The van der Waals surface area contributed by atoms with Crippen molar-refractivity contribution in [3.05, 3.63) is 70.9 Å². The molecule has 0 unspecified atom stereocenters. The fourth-order valence-electron chi connectivity index (χ4n) is 3.18. The van der Waals surface area contributed by atoms with Gasteiger partial charge in [0.1, 0.15) is 0 Å². The van der Waals surface area contributed by atoms with Gasteiger partial charge in [-0.15, -0.1) is 0 Å². The molecule has 0 bridgehead atoms. The quantitative estimate of drug-likeness (QED) is 0.497. The summed E-state index contributed by atoms with van der Waals surface area (Å²) in [5.41, 5.74) is 4.70. The van der Waals surface area contributed by atoms with Crippen LogP contribution in [0.4, 0.5) is 5.69 Å². The molecule has 3 heteroatoms. The summed E-state index contributed by atoms with van der Waals surface area (Å²) in [5.74, 6) is 0.00715. The Hall–Kier alpha value is -3.07. The van der Waals surface area contributed by atoms with E-state index in [-0.39, 0.29) is 5.78 Å². The topological polar surface area (TPSA) is 42.3 Å². The number of carbonyl (C=O) groups is 1. The van der Waals surface area contributed by atoms with E-state index in [0.29, 0.717) is 5.56 Å². The molecule has 2 heterocycles. The van der Waals surface area contributed by atoms with Crippen molar-refractivity contribution in [2.75, 3.05) is 0 Å². The largest absolute Gasteiger partial charge is 0.289 e. The highest BCUT2D eigenvalue weighted by molar-refractivity contribution is 6.10. The monoisotopic (exact) mass is 282 g/mol. The van der Waals surface area contributed by atoms with Gasteiger partial charge in [0.15, 0.2) is 5.78 Å². The molecule has 2 aliphatic rings. The van der Waals surface area contributed by atoms with E-state index in [0.717, 1.165) is 38.4 Å². The van der Waals surface area contributed by atoms with Gasteiger partial charge in [-0.25, -0.2) is 9.98 Å². The zero-order chi connectivity index (χ0) is 14.7. The van der Waals surface area contributed by atoms with Crippen molar-refractivity contribution in [1.29, 1.82) is 0 Å². The average molecular weight is 282 g/mol. The average Bonchev–Trinajstić information content (AvgIpc) is 2.93. The van der Waals surface area contributed by atoms with Crippen LogP contribution < -0.4 is 10.7 Å². The Morgan fingerprint density at radius 2 is 1.86 bits per heavy atom. The second-order valence-corrected chi connectivity index (χ2v) is 5.47. The van der Waals surface area contributed by atoms with Crippen LogP contribution in [-0.2, 0) is 0 Å². The van der Waals surface area contributed by atoms with Gasteiger partial charge in [-0.1, -0.05) is 24.3 Å². The molecule has 0 radical (unpaired) electrons. The van der Waals surface area contributed by atoms with Crippen molar-refractivity contribution < 1.29 is 4.79 Å². The second kappa shape index (κ2) is 3.98. The predicted octanol–water partition coefficient (Wildman–Crippen LogP) is 2.70. The minimum absolute atomic E-state index is 0.00715. The maximum absolute atomic E-state index is 12.1. The Morgan fingerprint density at radius 1 is 0.955 bits per heavy atom. The maximum Gasteiger partial charge on any atom is 0.188 e. The second-order valence-electron chi connectivity index (χ2n) is 5.47. The molecule has 0 atom stereocenters. The molecule has 0 fully saturated rings. The lowest BCUT2D eigenvalue weighted by Crippen LogP contribution is -2.20. The van der Waals surface area contributed by atoms with Gasteiger partial charge in [0, 0.05) is 22.1 Å². The number of nitrogens with zero attached hydrogens (tertiary/aromatic N) is 2. The standard InChI is InChI=1S/C19H10N2O/c22-18-7-3-6-15-12(18)10-13-16(20-15)8-9-17-19(13)11-4-1-2-5-14(11)21-17/h1-10H. The van der Waals surface area contributed by atoms with E-state index in [1.807, 2.05) is 42.5 Å². The highest BCUT2D eigenvalue weighted by atomic mass is 16.1. The Bertz CT molecular complexity index is 1140. The molecule has 3 nitrogen and oxygen atoms in total. The summed E-state index contributed by atoms with van der Waals surface area (Å²) in [7, 11) is 0. The third kappa shape index (κ3) is 1.42. The lowest BCUT2D eigenvalue weighted by Gasteiger charge is -2.08. The molecule has 0 saturated carbocycles. The SMILES string of the molecule is O=C1C=CC=c2nc3ccc4c(c3cc21)-c1ccccc1N=4. The minimum atomic E-state index is 0.00715. The van der Waals surface area contributed by atoms with Crippen LogP contribution in [0.5, 0.6) is 0 Å². The molecule has 1 aromatic heterocycles. The summed E-state index contributed by atoms with van der Waals surface area (Å²) in [6.45, 7) is 0. The van der Waals surface area contributed by atoms with Crippen molar-refractivity contribution in [1.82, 2.24) is 4.98 Å². The molecule has 3 aromatic rings. The number of aromatic nitrogens is 1. The Morgan fingerprint density at radius 3 is 2.82 bits per heavy atom. The first-order valence-electron chi connectivity index (χ1n) is 7.16. The number of hydrogen-bond acceptors (Lipinski definition) is 3. The first-order chi connectivity index (χ1) is 10.8. The predicted molar refractivity (Wildman–Crippen MR) is 85.6 cm³/mol. The van der Waals surface area contributed by atoms with E-state index in [2.05, 4.69) is 16.0 Å². The van der Waals surface area contributed by atoms with Crippen LogP contribution in [0.1, 0.15) is 10.4 Å². The van der Waals surface area contributed by atoms with Gasteiger partial charge in [-0.2, -0.15) is 0 Å². The molecule has 0 amide bonds. The number of ketones is 1. The van der Waals surface area contributed by atoms with Gasteiger partial charge >= 0.3 is 0 Å². The van der Waals surface area contributed by atoms with E-state index < -0.39 is 0 Å². The number of fused-ring (bicyclic) bond motifs is 6. The van der Waals surface area contributed by atoms with Gasteiger partial charge in [0.2, 0.25) is 0 Å². The number of benzene rings is 2. The highest BCUT2D eigenvalue weighted by Crippen LogP contribution is 2.35. The van der Waals surface area contributed by atoms with Crippen LogP contribution in [0.25, 0.3) is 28.1 Å². The van der Waals surface area contributed by atoms with Gasteiger partial charge in [0.05, 0.1) is 21.9 Å². The first-order valence-corrected chi connectivity index (χ1v) is 7.16. The molecule has 0 N–H and O–H groups in total. The van der Waals surface area contributed by atoms with Crippen molar-refractivity contribution in [2.45, 2.75) is 0 Å². The molecule has 1 aliphatic carbocycles. The zero-order valence-electron chi connectivity index (χ0n) is 11.6. The van der Waals surface area contributed by atoms with Crippen molar-refractivity contribution >= 4 is 28.4 Å². The molecule has 5 rings (SSSR count). The van der Waals surface area contributed by atoms with E-state index in [1.54, 1.807) is 12.2 Å². The van der Waals surface area contributed by atoms with E-state index >= 15 is 0 Å². The van der Waals surface area contributed by atoms with Crippen LogP contribution in [-0.4, -0.2) is 10.8 Å². The summed E-state index contributed by atoms with van der Waals surface area (Å²) in [6, 6.07) is 14.0. The van der Waals surface area contributed by atoms with Gasteiger partial charge in [-0.3, -0.25) is 4.79 Å². The number of allylic oxidation sites excluding steroid dienone is 2. The number of pyridine rings is 1. The van der Waals surface area contributed by atoms with Crippen LogP contribution in [0.3, 0.4) is 0 Å². The summed E-state index contributed by atoms with van der Waals surface area (Å²) in [4.78, 5) is 21.4. The Balaban J connectivity index is 1.96. The molecule has 0 saturated heterocycles. The molecule has 2 aromatic carbocycles. The Kier molecular flexibility index (Phi) is 2.09. The van der Waals surface area contributed by atoms with Crippen LogP contribution in [0.2, 0.25) is 0 Å². The van der Waals surface area contributed by atoms with Crippen LogP contribution >= 0.6 is 0 Å². The third-order valence-corrected chi connectivity index (χ3v) is 4.19. The number of rotatable bonds is 0. The summed E-state index contributed by atoms with van der Waals surface area (Å²) in [6.07, 6.45) is 5.21. The van der Waals surface area contributed by atoms with Crippen LogP contribution in [0.15, 0.2) is 59.6 Å².